The molecule has 0 atom stereocenters. The van der Waals surface area contributed by atoms with Crippen molar-refractivity contribution in [2.75, 3.05) is 31.1 Å². The van der Waals surface area contributed by atoms with Crippen molar-refractivity contribution in [3.05, 3.63) is 64.0 Å². The van der Waals surface area contributed by atoms with Crippen LogP contribution in [0.15, 0.2) is 69.2 Å². The third-order valence-electron chi connectivity index (χ3n) is 4.47. The first kappa shape index (κ1) is 16.5. The second-order valence-corrected chi connectivity index (χ2v) is 6.42. The van der Waals surface area contributed by atoms with E-state index in [1.165, 1.54) is 0 Å². The lowest BCUT2D eigenvalue weighted by molar-refractivity contribution is -0.272. The maximum absolute atomic E-state index is 12.7. The minimum Gasteiger partial charge on any atom is -0.860 e. The normalized spacial score (nSPS) is 16.4. The Bertz CT molecular complexity index is 957. The standard InChI is InChI=1S/C18H17ClN6O/c19-15-3-1-2-4-16(15)24-9-11-25(12-10-24)18(26)14-7-5-13(6-8-14)17-20-22-23-21-17/h1-8,26H,9-12H2/p-1. The Balaban J connectivity index is 1.51. The predicted octanol–water partition coefficient (Wildman–Crippen LogP) is 1.49. The van der Waals surface area contributed by atoms with E-state index < -0.39 is 0 Å². The smallest absolute Gasteiger partial charge is 0.207 e. The van der Waals surface area contributed by atoms with Crippen molar-refractivity contribution in [1.29, 1.82) is 0 Å². The molecule has 0 spiro atoms. The first-order valence-corrected chi connectivity index (χ1v) is 8.68. The number of nitrogens with zero attached hydrogens (tertiary/aromatic N) is 6. The van der Waals surface area contributed by atoms with E-state index in [0.717, 1.165) is 29.0 Å². The van der Waals surface area contributed by atoms with Crippen molar-refractivity contribution in [2.45, 2.75) is 0 Å². The van der Waals surface area contributed by atoms with Gasteiger partial charge in [0.05, 0.1) is 10.7 Å². The van der Waals surface area contributed by atoms with Gasteiger partial charge in [0.1, 0.15) is 0 Å². The minimum absolute atomic E-state index is 0.0232. The van der Waals surface area contributed by atoms with E-state index in [1.54, 1.807) is 12.1 Å². The van der Waals surface area contributed by atoms with Crippen molar-refractivity contribution in [2.24, 2.45) is 20.7 Å². The Morgan fingerprint density at radius 2 is 1.54 bits per heavy atom. The molecule has 2 heterocycles. The molecule has 1 saturated heterocycles. The lowest BCUT2D eigenvalue weighted by atomic mass is 10.2. The summed E-state index contributed by atoms with van der Waals surface area (Å²) in [4.78, 5) is 4.08. The molecular weight excluding hydrogens is 352 g/mol. The van der Waals surface area contributed by atoms with Crippen LogP contribution in [0.5, 0.6) is 0 Å². The van der Waals surface area contributed by atoms with Gasteiger partial charge in [-0.3, -0.25) is 0 Å². The van der Waals surface area contributed by atoms with Crippen LogP contribution in [0.25, 0.3) is 11.7 Å². The van der Waals surface area contributed by atoms with Crippen molar-refractivity contribution in [3.63, 3.8) is 0 Å². The Hall–Kier alpha value is -2.93. The molecule has 0 bridgehead atoms. The second-order valence-electron chi connectivity index (χ2n) is 6.01. The highest BCUT2D eigenvalue weighted by Crippen LogP contribution is 2.26. The maximum Gasteiger partial charge on any atom is 0.207 e. The number of anilines is 1. The highest BCUT2D eigenvalue weighted by atomic mass is 35.5. The lowest BCUT2D eigenvalue weighted by Crippen LogP contribution is -2.49. The Morgan fingerprint density at radius 1 is 0.885 bits per heavy atom. The summed E-state index contributed by atoms with van der Waals surface area (Å²) in [6.45, 7) is 2.83. The largest absolute Gasteiger partial charge is 0.860 e. The topological polar surface area (TPSA) is 79.0 Å². The van der Waals surface area contributed by atoms with Gasteiger partial charge in [0.15, 0.2) is 0 Å². The first-order chi connectivity index (χ1) is 12.7. The quantitative estimate of drug-likeness (QED) is 0.806. The van der Waals surface area contributed by atoms with Crippen LogP contribution in [-0.2, 0) is 0 Å². The van der Waals surface area contributed by atoms with Gasteiger partial charge in [-0.05, 0) is 33.7 Å². The summed E-state index contributed by atoms with van der Waals surface area (Å²) >= 11 is 6.27. The van der Waals surface area contributed by atoms with Crippen molar-refractivity contribution < 1.29 is 5.11 Å². The van der Waals surface area contributed by atoms with Crippen LogP contribution in [0.3, 0.4) is 0 Å². The molecule has 0 saturated carbocycles. The Labute approximate surface area is 155 Å². The molecule has 0 unspecified atom stereocenters. The van der Waals surface area contributed by atoms with Crippen LogP contribution >= 0.6 is 11.6 Å². The van der Waals surface area contributed by atoms with E-state index in [1.807, 2.05) is 41.3 Å². The highest BCUT2D eigenvalue weighted by Gasteiger charge is 2.17. The van der Waals surface area contributed by atoms with Crippen LogP contribution in [0, 0.1) is 0 Å². The minimum atomic E-state index is 0.0232. The predicted molar refractivity (Wildman–Crippen MR) is 97.5 cm³/mol. The van der Waals surface area contributed by atoms with Crippen LogP contribution in [0.1, 0.15) is 0 Å². The molecule has 26 heavy (non-hydrogen) atoms. The molecule has 132 valence electrons. The molecule has 0 radical (unpaired) electrons. The van der Waals surface area contributed by atoms with Crippen LogP contribution < -0.4 is 20.4 Å². The summed E-state index contributed by atoms with van der Waals surface area (Å²) in [6.07, 6.45) is 0. The van der Waals surface area contributed by atoms with E-state index in [4.69, 9.17) is 11.6 Å². The fourth-order valence-corrected chi connectivity index (χ4v) is 3.32. The molecule has 4 rings (SSSR count). The summed E-state index contributed by atoms with van der Waals surface area (Å²) < 4.78 is 0. The zero-order valence-electron chi connectivity index (χ0n) is 13.9. The molecule has 2 aliphatic rings. The molecule has 1 fully saturated rings. The van der Waals surface area contributed by atoms with E-state index in [0.29, 0.717) is 24.1 Å². The van der Waals surface area contributed by atoms with Crippen LogP contribution in [-0.4, -0.2) is 31.1 Å². The SMILES string of the molecule is [O-]C(=c1ccc(=C2N=NN=N2)cc1)N1CCN(c2ccccc2Cl)CC1. The van der Waals surface area contributed by atoms with E-state index in [9.17, 15) is 5.11 Å². The Kier molecular flexibility index (Phi) is 4.53. The third kappa shape index (κ3) is 3.25. The average molecular weight is 368 g/mol. The molecule has 7 nitrogen and oxygen atoms in total. The summed E-state index contributed by atoms with van der Waals surface area (Å²) in [5.74, 6) is 0.479. The molecule has 0 aliphatic carbocycles. The number of piperazine rings is 1. The highest BCUT2D eigenvalue weighted by molar-refractivity contribution is 6.33. The molecule has 2 aliphatic heterocycles. The first-order valence-electron chi connectivity index (χ1n) is 8.30. The van der Waals surface area contributed by atoms with Gasteiger partial charge in [0.2, 0.25) is 5.82 Å². The molecule has 0 N–H and O–H groups in total. The number of hydrogen-bond donors (Lipinski definition) is 0. The lowest BCUT2D eigenvalue weighted by Gasteiger charge is -2.40. The molecular formula is C18H16ClN6O-. The van der Waals surface area contributed by atoms with Crippen molar-refractivity contribution >= 4 is 29.0 Å². The van der Waals surface area contributed by atoms with Gasteiger partial charge in [-0.1, -0.05) is 48.0 Å². The van der Waals surface area contributed by atoms with Crippen molar-refractivity contribution in [3.8, 4) is 0 Å². The Morgan fingerprint density at radius 3 is 2.19 bits per heavy atom. The third-order valence-corrected chi connectivity index (χ3v) is 4.79. The molecule has 0 amide bonds. The van der Waals surface area contributed by atoms with E-state index >= 15 is 0 Å². The van der Waals surface area contributed by atoms with Gasteiger partial charge in [0, 0.05) is 31.4 Å². The molecule has 2 aromatic rings. The fraction of sp³-hybridized carbons (Fsp3) is 0.222. The van der Waals surface area contributed by atoms with Gasteiger partial charge >= 0.3 is 0 Å². The zero-order valence-corrected chi connectivity index (χ0v) is 14.7. The summed E-state index contributed by atoms with van der Waals surface area (Å²) in [6, 6.07) is 15.0. The number of halogens is 1. The van der Waals surface area contributed by atoms with Gasteiger partial charge in [0.25, 0.3) is 0 Å². The number of hydrogen-bond acceptors (Lipinski definition) is 7. The zero-order chi connectivity index (χ0) is 17.9. The second kappa shape index (κ2) is 7.13. The number of para-hydroxylation sites is 1. The van der Waals surface area contributed by atoms with Crippen LogP contribution in [0.4, 0.5) is 5.69 Å². The van der Waals surface area contributed by atoms with Gasteiger partial charge < -0.3 is 14.9 Å². The summed E-state index contributed by atoms with van der Waals surface area (Å²) in [5.41, 5.74) is 1.02. The van der Waals surface area contributed by atoms with E-state index in [-0.39, 0.29) is 5.88 Å². The van der Waals surface area contributed by atoms with Crippen molar-refractivity contribution in [1.82, 2.24) is 4.90 Å². The molecule has 8 heteroatoms. The van der Waals surface area contributed by atoms with Crippen LogP contribution in [0.2, 0.25) is 5.02 Å². The monoisotopic (exact) mass is 367 g/mol. The van der Waals surface area contributed by atoms with Gasteiger partial charge in [-0.25, -0.2) is 0 Å². The average Bonchev–Trinajstić information content (AvgIpc) is 3.23. The maximum atomic E-state index is 12.7. The van der Waals surface area contributed by atoms with Gasteiger partial charge in [-0.15, -0.1) is 10.2 Å². The molecule has 0 aromatic heterocycles. The summed E-state index contributed by atoms with van der Waals surface area (Å²) in [5, 5.41) is 29.5. The number of benzene rings is 2. The number of rotatable bonds is 2. The fourth-order valence-electron chi connectivity index (χ4n) is 3.06. The summed E-state index contributed by atoms with van der Waals surface area (Å²) in [7, 11) is 0. The molecule has 2 aromatic carbocycles. The van der Waals surface area contributed by atoms with E-state index in [2.05, 4.69) is 25.6 Å². The van der Waals surface area contributed by atoms with Gasteiger partial charge in [-0.2, -0.15) is 0 Å².